The highest BCUT2D eigenvalue weighted by molar-refractivity contribution is 7.99. The molecule has 0 aliphatic carbocycles. The van der Waals surface area contributed by atoms with Crippen LogP contribution >= 0.6 is 11.8 Å². The highest BCUT2D eigenvalue weighted by Crippen LogP contribution is 2.13. The van der Waals surface area contributed by atoms with Gasteiger partial charge in [0.1, 0.15) is 5.03 Å². The van der Waals surface area contributed by atoms with Crippen molar-refractivity contribution in [2.45, 2.75) is 18.0 Å². The van der Waals surface area contributed by atoms with E-state index in [1.165, 1.54) is 0 Å². The zero-order valence-electron chi connectivity index (χ0n) is 8.18. The van der Waals surface area contributed by atoms with Gasteiger partial charge in [0.15, 0.2) is 0 Å². The van der Waals surface area contributed by atoms with Crippen LogP contribution in [0.5, 0.6) is 0 Å². The van der Waals surface area contributed by atoms with Crippen molar-refractivity contribution in [2.75, 3.05) is 18.9 Å². The molecule has 14 heavy (non-hydrogen) atoms. The van der Waals surface area contributed by atoms with Crippen molar-refractivity contribution in [1.82, 2.24) is 15.3 Å². The van der Waals surface area contributed by atoms with Gasteiger partial charge in [-0.15, -0.1) is 11.8 Å². The van der Waals surface area contributed by atoms with Crippen LogP contribution in [-0.4, -0.2) is 40.0 Å². The molecule has 5 heteroatoms. The second-order valence-electron chi connectivity index (χ2n) is 2.79. The maximum atomic E-state index is 9.02. The molecule has 78 valence electrons. The first-order valence-electron chi connectivity index (χ1n) is 4.60. The highest BCUT2D eigenvalue weighted by atomic mass is 32.2. The van der Waals surface area contributed by atoms with Gasteiger partial charge < -0.3 is 10.4 Å². The second kappa shape index (κ2) is 6.75. The molecule has 0 saturated carbocycles. The summed E-state index contributed by atoms with van der Waals surface area (Å²) in [5, 5.41) is 13.1. The molecule has 1 rings (SSSR count). The van der Waals surface area contributed by atoms with Gasteiger partial charge in [-0.2, -0.15) is 0 Å². The van der Waals surface area contributed by atoms with Crippen molar-refractivity contribution >= 4 is 11.8 Å². The van der Waals surface area contributed by atoms with Crippen molar-refractivity contribution in [3.05, 3.63) is 18.6 Å². The Morgan fingerprint density at radius 3 is 3.00 bits per heavy atom. The molecule has 0 aliphatic rings. The maximum absolute atomic E-state index is 9.02. The molecule has 0 fully saturated rings. The maximum Gasteiger partial charge on any atom is 0.114 e. The van der Waals surface area contributed by atoms with Gasteiger partial charge in [-0.3, -0.25) is 4.98 Å². The largest absolute Gasteiger partial charge is 0.395 e. The van der Waals surface area contributed by atoms with E-state index in [9.17, 15) is 0 Å². The van der Waals surface area contributed by atoms with Gasteiger partial charge in [-0.05, 0) is 6.54 Å². The molecular weight excluding hydrogens is 198 g/mol. The lowest BCUT2D eigenvalue weighted by molar-refractivity contribution is 0.255. The van der Waals surface area contributed by atoms with Gasteiger partial charge in [0.05, 0.1) is 12.8 Å². The minimum atomic E-state index is 0.131. The third-order valence-corrected chi connectivity index (χ3v) is 2.76. The Morgan fingerprint density at radius 1 is 1.57 bits per heavy atom. The van der Waals surface area contributed by atoms with E-state index in [-0.39, 0.29) is 12.6 Å². The van der Waals surface area contributed by atoms with E-state index in [1.807, 2.05) is 6.92 Å². The van der Waals surface area contributed by atoms with Crippen LogP contribution in [0.25, 0.3) is 0 Å². The van der Waals surface area contributed by atoms with Gasteiger partial charge in [-0.1, -0.05) is 6.92 Å². The molecule has 0 spiro atoms. The lowest BCUT2D eigenvalue weighted by Crippen LogP contribution is -2.34. The Morgan fingerprint density at radius 2 is 2.43 bits per heavy atom. The summed E-state index contributed by atoms with van der Waals surface area (Å²) in [6, 6.07) is 0.131. The molecule has 0 aliphatic heterocycles. The van der Waals surface area contributed by atoms with Gasteiger partial charge in [0.2, 0.25) is 0 Å². The van der Waals surface area contributed by atoms with Crippen LogP contribution in [0.4, 0.5) is 0 Å². The minimum Gasteiger partial charge on any atom is -0.395 e. The average Bonchev–Trinajstić information content (AvgIpc) is 2.25. The summed E-state index contributed by atoms with van der Waals surface area (Å²) in [6.07, 6.45) is 5.05. The Kier molecular flexibility index (Phi) is 5.51. The van der Waals surface area contributed by atoms with Crippen LogP contribution in [0, 0.1) is 0 Å². The number of aromatic nitrogens is 2. The van der Waals surface area contributed by atoms with E-state index in [0.29, 0.717) is 0 Å². The number of aliphatic hydroxyl groups excluding tert-OH is 1. The number of nitrogens with one attached hydrogen (secondary N) is 1. The van der Waals surface area contributed by atoms with Gasteiger partial charge in [0, 0.05) is 24.2 Å². The summed E-state index contributed by atoms with van der Waals surface area (Å²) in [7, 11) is 0. The third-order valence-electron chi connectivity index (χ3n) is 1.69. The first kappa shape index (κ1) is 11.4. The van der Waals surface area contributed by atoms with Crippen LogP contribution in [0.1, 0.15) is 6.92 Å². The molecule has 1 aromatic heterocycles. The fourth-order valence-corrected chi connectivity index (χ4v) is 1.88. The van der Waals surface area contributed by atoms with E-state index in [1.54, 1.807) is 30.4 Å². The quantitative estimate of drug-likeness (QED) is 0.675. The third kappa shape index (κ3) is 4.04. The van der Waals surface area contributed by atoms with Crippen molar-refractivity contribution < 1.29 is 5.11 Å². The molecule has 1 heterocycles. The van der Waals surface area contributed by atoms with Crippen molar-refractivity contribution in [3.63, 3.8) is 0 Å². The average molecular weight is 213 g/mol. The number of likely N-dealkylation sites (N-methyl/N-ethyl adjacent to an activating group) is 1. The summed E-state index contributed by atoms with van der Waals surface area (Å²) in [6.45, 7) is 3.04. The number of hydrogen-bond acceptors (Lipinski definition) is 5. The standard InChI is InChI=1S/C9H15N3OS/c1-2-11-8(6-13)7-14-9-5-10-3-4-12-9/h3-5,8,11,13H,2,6-7H2,1H3. The topological polar surface area (TPSA) is 58.0 Å². The number of rotatable bonds is 6. The Balaban J connectivity index is 2.32. The van der Waals surface area contributed by atoms with Crippen LogP contribution in [-0.2, 0) is 0 Å². The smallest absolute Gasteiger partial charge is 0.114 e. The summed E-state index contributed by atoms with van der Waals surface area (Å²) in [4.78, 5) is 8.10. The first-order valence-corrected chi connectivity index (χ1v) is 5.58. The molecule has 0 aromatic carbocycles. The number of thioether (sulfide) groups is 1. The molecule has 0 bridgehead atoms. The van der Waals surface area contributed by atoms with Gasteiger partial charge >= 0.3 is 0 Å². The normalized spacial score (nSPS) is 12.7. The van der Waals surface area contributed by atoms with Crippen molar-refractivity contribution in [2.24, 2.45) is 0 Å². The zero-order valence-corrected chi connectivity index (χ0v) is 9.00. The first-order chi connectivity index (χ1) is 6.86. The number of hydrogen-bond donors (Lipinski definition) is 2. The van der Waals surface area contributed by atoms with E-state index in [2.05, 4.69) is 15.3 Å². The second-order valence-corrected chi connectivity index (χ2v) is 3.83. The van der Waals surface area contributed by atoms with E-state index in [4.69, 9.17) is 5.11 Å². The molecule has 0 radical (unpaired) electrons. The monoisotopic (exact) mass is 213 g/mol. The molecule has 1 aromatic rings. The fourth-order valence-electron chi connectivity index (χ4n) is 1.01. The van der Waals surface area contributed by atoms with Crippen molar-refractivity contribution in [3.8, 4) is 0 Å². The van der Waals surface area contributed by atoms with Gasteiger partial charge in [0.25, 0.3) is 0 Å². The SMILES string of the molecule is CCNC(CO)CSc1cnccn1. The summed E-state index contributed by atoms with van der Waals surface area (Å²) in [5.41, 5.74) is 0. The van der Waals surface area contributed by atoms with E-state index in [0.717, 1.165) is 17.3 Å². The van der Waals surface area contributed by atoms with Crippen LogP contribution in [0.2, 0.25) is 0 Å². The number of nitrogens with zero attached hydrogens (tertiary/aromatic N) is 2. The Bertz CT molecular complexity index is 245. The Hall–Kier alpha value is -0.650. The zero-order chi connectivity index (χ0) is 10.2. The summed E-state index contributed by atoms with van der Waals surface area (Å²) in [5.74, 6) is 0.809. The number of aliphatic hydroxyl groups is 1. The molecule has 1 atom stereocenters. The summed E-state index contributed by atoms with van der Waals surface area (Å²) < 4.78 is 0. The van der Waals surface area contributed by atoms with Crippen LogP contribution in [0.15, 0.2) is 23.6 Å². The van der Waals surface area contributed by atoms with E-state index < -0.39 is 0 Å². The van der Waals surface area contributed by atoms with E-state index >= 15 is 0 Å². The molecule has 0 amide bonds. The fraction of sp³-hybridized carbons (Fsp3) is 0.556. The Labute approximate surface area is 88.2 Å². The highest BCUT2D eigenvalue weighted by Gasteiger charge is 2.06. The molecular formula is C9H15N3OS. The minimum absolute atomic E-state index is 0.131. The summed E-state index contributed by atoms with van der Waals surface area (Å²) >= 11 is 1.60. The van der Waals surface area contributed by atoms with Gasteiger partial charge in [-0.25, -0.2) is 4.98 Å². The molecule has 0 saturated heterocycles. The lowest BCUT2D eigenvalue weighted by atomic mass is 10.4. The van der Waals surface area contributed by atoms with Crippen LogP contribution in [0.3, 0.4) is 0 Å². The predicted molar refractivity (Wildman–Crippen MR) is 57.3 cm³/mol. The predicted octanol–water partition coefficient (Wildman–Crippen LogP) is 0.539. The lowest BCUT2D eigenvalue weighted by Gasteiger charge is -2.13. The molecule has 2 N–H and O–H groups in total. The van der Waals surface area contributed by atoms with Crippen LogP contribution < -0.4 is 5.32 Å². The molecule has 4 nitrogen and oxygen atoms in total. The molecule has 1 unspecified atom stereocenters. The van der Waals surface area contributed by atoms with Crippen molar-refractivity contribution in [1.29, 1.82) is 0 Å².